The van der Waals surface area contributed by atoms with Gasteiger partial charge in [-0.25, -0.2) is 9.59 Å². The summed E-state index contributed by atoms with van der Waals surface area (Å²) >= 11 is 0. The van der Waals surface area contributed by atoms with Crippen LogP contribution < -0.4 is 34.9 Å². The molecule has 0 saturated heterocycles. The molecule has 0 unspecified atom stereocenters. The molecule has 2 aromatic heterocycles. The van der Waals surface area contributed by atoms with E-state index in [1.807, 2.05) is 93.6 Å². The van der Waals surface area contributed by atoms with Crippen molar-refractivity contribution in [2.24, 2.45) is 0 Å². The van der Waals surface area contributed by atoms with E-state index < -0.39 is 11.9 Å². The monoisotopic (exact) mass is 1970 g/mol. The first kappa shape index (κ1) is 107. The molecule has 3 radical (unpaired) electrons. The first-order valence-electron chi connectivity index (χ1n) is 38.7. The molecule has 657 valence electrons. The Labute approximate surface area is 822 Å². The second kappa shape index (κ2) is 53.2. The van der Waals surface area contributed by atoms with E-state index in [1.54, 1.807) is 161 Å². The molecule has 0 spiro atoms. The van der Waals surface area contributed by atoms with Crippen molar-refractivity contribution in [2.45, 2.75) is 66.7 Å². The average molecular weight is 1970 g/mol. The molecule has 0 saturated carbocycles. The second-order valence-corrected chi connectivity index (χ2v) is 28.0. The largest absolute Gasteiger partial charge is 0.508 e. The van der Waals surface area contributed by atoms with Gasteiger partial charge < -0.3 is 83.6 Å². The van der Waals surface area contributed by atoms with Gasteiger partial charge in [-0.3, -0.25) is 19.2 Å². The molecule has 0 bridgehead atoms. The van der Waals surface area contributed by atoms with Gasteiger partial charge >= 0.3 is 23.2 Å². The number of carboxylic acid groups (broad SMARTS) is 2. The van der Waals surface area contributed by atoms with Crippen molar-refractivity contribution in [2.75, 3.05) is 35.5 Å². The van der Waals surface area contributed by atoms with E-state index in [0.717, 1.165) is 77.5 Å². The van der Waals surface area contributed by atoms with E-state index in [4.69, 9.17) is 52.9 Å². The van der Waals surface area contributed by atoms with Gasteiger partial charge in [0.15, 0.2) is 11.6 Å². The normalized spacial score (nSPS) is 9.98. The van der Waals surface area contributed by atoms with Crippen molar-refractivity contribution in [3.63, 3.8) is 0 Å². The topological polar surface area (TPSA) is 377 Å². The van der Waals surface area contributed by atoms with Crippen LogP contribution in [0.1, 0.15) is 89.3 Å². The van der Waals surface area contributed by atoms with Crippen molar-refractivity contribution < 1.29 is 201 Å². The van der Waals surface area contributed by atoms with Crippen molar-refractivity contribution in [3.8, 4) is 97.0 Å². The van der Waals surface area contributed by atoms with E-state index in [2.05, 4.69) is 18.2 Å². The number of ketones is 2. The second-order valence-electron chi connectivity index (χ2n) is 28.0. The minimum Gasteiger partial charge on any atom is -0.508 e. The molecule has 0 fully saturated rings. The summed E-state index contributed by atoms with van der Waals surface area (Å²) in [5.41, 5.74) is 13.2. The van der Waals surface area contributed by atoms with E-state index in [0.29, 0.717) is 69.4 Å². The first-order valence-corrected chi connectivity index (χ1v) is 38.7. The van der Waals surface area contributed by atoms with E-state index in [9.17, 15) is 59.4 Å². The molecule has 15 rings (SSSR count). The number of phenolic OH excluding ortho intramolecular Hbond substituents is 8. The minimum atomic E-state index is -0.865. The van der Waals surface area contributed by atoms with Crippen LogP contribution in [0.15, 0.2) is 291 Å². The van der Waals surface area contributed by atoms with E-state index >= 15 is 0 Å². The maximum absolute atomic E-state index is 13.0. The Kier molecular flexibility index (Phi) is 44.0. The summed E-state index contributed by atoms with van der Waals surface area (Å²) in [6, 6.07) is 85.1. The van der Waals surface area contributed by atoms with Gasteiger partial charge in [0.1, 0.15) is 85.9 Å². The van der Waals surface area contributed by atoms with Crippen LogP contribution in [0.4, 0.5) is 0 Å². The number of carboxylic acids is 2. The number of rotatable bonds is 21. The van der Waals surface area contributed by atoms with Crippen LogP contribution >= 0.6 is 0 Å². The molecule has 10 N–H and O–H groups in total. The van der Waals surface area contributed by atoms with Gasteiger partial charge in [0.25, 0.3) is 0 Å². The molecule has 13 aromatic carbocycles. The standard InChI is InChI=1S/2C24H19O4.2C15H14O4.C9H9O2.C8H8O3.C7H8O2.CH4.3Y/c2*1-15-5-3-4-6-19(15)23-21(13-16-7-9-17(25)10-8-16)20-12-11-18(27-2)14-22(20)28-24(23)26;2*1-19-12-6-7-13(15(18)9-12)14(17)8-10-2-4-11(16)5-3-10;1-7-4-2-3-5-8(7)6-9(10)11;9-7-3-1-6(2-4-7)5-8(10)11;1-9-7-4-2-3-6(8)5-7;;;;/h2*4-12,14,25H,13H2,1-2H3;2*2-7,9,16,18H,8H2,1H3;3-5H,6H2,1H3,(H,10,11);1-4,9H,5H2,(H,10,11);2-5,8H,1H3;1H4;;;/q2*-1;;;-1;;;;;;. The molecule has 0 aliphatic rings. The number of phenols is 8. The Hall–Kier alpha value is -12.7. The number of Topliss-reactive ketones (excluding diaryl/α,β-unsaturated/α-hetero) is 2. The Morgan fingerprint density at radius 3 is 0.953 bits per heavy atom. The summed E-state index contributed by atoms with van der Waals surface area (Å²) in [7, 11) is 7.71. The molecule has 26 heteroatoms. The third-order valence-corrected chi connectivity index (χ3v) is 19.2. The summed E-state index contributed by atoms with van der Waals surface area (Å²) in [5.74, 6) is 1.82. The number of aryl methyl sites for hydroxylation is 3. The SMILES string of the molecule is C.COc1ccc(C(=O)Cc2ccc(O)cc2)c(O)c1.COc1ccc(C(=O)Cc2ccc(O)cc2)c(O)c1.COc1ccc2c(Cc3ccc(O)cc3)c(-c3cc[c-]cc3C)c(=O)oc2c1.COc1ccc2c(Cc3ccc(O)cc3)c(-c3cc[c-]cc3C)c(=O)oc2c1.COc1cccc(O)c1.Cc1c[c-]ccc1CC(=O)O.O=C(O)Cc1ccc(O)cc1.[Y].[Y].[Y]. The third-order valence-electron chi connectivity index (χ3n) is 19.2. The molecule has 0 aliphatic heterocycles. The summed E-state index contributed by atoms with van der Waals surface area (Å²) in [5, 5.41) is 93.3. The Morgan fingerprint density at radius 1 is 0.333 bits per heavy atom. The smallest absolute Gasteiger partial charge is 0.342 e. The van der Waals surface area contributed by atoms with Gasteiger partial charge in [-0.1, -0.05) is 94.9 Å². The Morgan fingerprint density at radius 2 is 0.643 bits per heavy atom. The zero-order valence-electron chi connectivity index (χ0n) is 71.2. The predicted molar refractivity (Wildman–Crippen MR) is 482 cm³/mol. The molecule has 129 heavy (non-hydrogen) atoms. The summed E-state index contributed by atoms with van der Waals surface area (Å²) < 4.78 is 36.6. The first-order chi connectivity index (χ1) is 60.0. The number of ether oxygens (including phenoxy) is 5. The van der Waals surface area contributed by atoms with Crippen LogP contribution in [-0.2, 0) is 146 Å². The summed E-state index contributed by atoms with van der Waals surface area (Å²) in [6.07, 6.45) is 1.49. The Bertz CT molecular complexity index is 6010. The predicted octanol–water partition coefficient (Wildman–Crippen LogP) is 19.3. The number of hydrogen-bond donors (Lipinski definition) is 10. The summed E-state index contributed by atoms with van der Waals surface area (Å²) in [4.78, 5) is 70.6. The molecule has 0 amide bonds. The van der Waals surface area contributed by atoms with E-state index in [1.165, 1.54) is 74.9 Å². The van der Waals surface area contributed by atoms with E-state index in [-0.39, 0.29) is 211 Å². The zero-order valence-corrected chi connectivity index (χ0v) is 79.7. The average Bonchev–Trinajstić information content (AvgIpc) is 0.764. The number of fused-ring (bicyclic) bond motifs is 2. The minimum absolute atomic E-state index is 0. The van der Waals surface area contributed by atoms with Gasteiger partial charge in [0.05, 0.1) is 53.1 Å². The Balaban J connectivity index is 0.000000275. The van der Waals surface area contributed by atoms with Crippen molar-refractivity contribution >= 4 is 45.4 Å². The number of hydrogen-bond acceptors (Lipinski definition) is 21. The molecule has 23 nitrogen and oxygen atoms in total. The maximum atomic E-state index is 13.0. The number of carbonyl (C=O) groups is 4. The summed E-state index contributed by atoms with van der Waals surface area (Å²) in [6.45, 7) is 5.79. The quantitative estimate of drug-likeness (QED) is 0.0181. The van der Waals surface area contributed by atoms with Gasteiger partial charge in [-0.2, -0.15) is 89.5 Å². The number of benzene rings is 13. The van der Waals surface area contributed by atoms with Crippen LogP contribution in [-0.4, -0.2) is 110 Å². The fourth-order valence-corrected chi connectivity index (χ4v) is 12.7. The van der Waals surface area contributed by atoms with Crippen molar-refractivity contribution in [1.29, 1.82) is 0 Å². The zero-order chi connectivity index (χ0) is 90.2. The van der Waals surface area contributed by atoms with Gasteiger partial charge in [-0.15, -0.1) is 16.7 Å². The van der Waals surface area contributed by atoms with Crippen LogP contribution in [0.5, 0.6) is 74.7 Å². The van der Waals surface area contributed by atoms with Crippen LogP contribution in [0, 0.1) is 39.0 Å². The number of aliphatic carboxylic acids is 2. The number of aromatic hydroxyl groups is 8. The fourth-order valence-electron chi connectivity index (χ4n) is 12.7. The fraction of sp³-hybridized carbons (Fsp3) is 0.146. The van der Waals surface area contributed by atoms with Gasteiger partial charge in [0.2, 0.25) is 0 Å². The molecule has 15 aromatic rings. The molecular formula is C103H95O23Y3-3. The van der Waals surface area contributed by atoms with Crippen LogP contribution in [0.3, 0.4) is 0 Å². The molecule has 0 aliphatic carbocycles. The number of carbonyl (C=O) groups excluding carboxylic acids is 2. The third kappa shape index (κ3) is 32.2. The molecular weight excluding hydrogens is 1870 g/mol. The van der Waals surface area contributed by atoms with Crippen LogP contribution in [0.2, 0.25) is 0 Å². The number of methoxy groups -OCH3 is 5. The molecule has 0 atom stereocenters. The molecule has 2 heterocycles. The van der Waals surface area contributed by atoms with Gasteiger partial charge in [0, 0.05) is 170 Å². The van der Waals surface area contributed by atoms with Crippen LogP contribution in [0.25, 0.3) is 44.2 Å². The van der Waals surface area contributed by atoms with Gasteiger partial charge in [-0.05, 0) is 173 Å². The van der Waals surface area contributed by atoms with Crippen molar-refractivity contribution in [1.82, 2.24) is 0 Å². The van der Waals surface area contributed by atoms with Crippen molar-refractivity contribution in [3.05, 3.63) is 384 Å². The maximum Gasteiger partial charge on any atom is 0.342 e.